The normalized spacial score (nSPS) is 13.3. The number of benzene rings is 2. The van der Waals surface area contributed by atoms with Gasteiger partial charge in [-0.3, -0.25) is 9.59 Å². The van der Waals surface area contributed by atoms with Gasteiger partial charge in [0.15, 0.2) is 0 Å². The second-order valence-corrected chi connectivity index (χ2v) is 5.83. The highest BCUT2D eigenvalue weighted by Gasteiger charge is 2.17. The second-order valence-electron chi connectivity index (χ2n) is 4.82. The fourth-order valence-electron chi connectivity index (χ4n) is 2.13. The molecule has 0 atom stereocenters. The van der Waals surface area contributed by atoms with Gasteiger partial charge < -0.3 is 10.6 Å². The molecule has 3 rings (SSSR count). The van der Waals surface area contributed by atoms with E-state index < -0.39 is 0 Å². The molecule has 1 aliphatic rings. The Labute approximate surface area is 126 Å². The van der Waals surface area contributed by atoms with Crippen molar-refractivity contribution >= 4 is 35.0 Å². The molecular formula is C16H14N2O2S. The van der Waals surface area contributed by atoms with Crippen LogP contribution in [0.1, 0.15) is 15.9 Å². The lowest BCUT2D eigenvalue weighted by Crippen LogP contribution is -2.20. The van der Waals surface area contributed by atoms with E-state index in [0.717, 1.165) is 16.1 Å². The van der Waals surface area contributed by atoms with Crippen LogP contribution in [0.2, 0.25) is 0 Å². The number of fused-ring (bicyclic) bond motifs is 1. The first-order valence-corrected chi connectivity index (χ1v) is 7.56. The Morgan fingerprint density at radius 3 is 2.86 bits per heavy atom. The van der Waals surface area contributed by atoms with E-state index in [9.17, 15) is 9.59 Å². The summed E-state index contributed by atoms with van der Waals surface area (Å²) in [4.78, 5) is 24.7. The van der Waals surface area contributed by atoms with E-state index >= 15 is 0 Å². The zero-order valence-electron chi connectivity index (χ0n) is 11.5. The lowest BCUT2D eigenvalue weighted by atomic mass is 10.1. The molecule has 5 heteroatoms. The maximum absolute atomic E-state index is 12.3. The average Bonchev–Trinajstić information content (AvgIpc) is 2.48. The molecule has 2 aromatic rings. The number of carbonyl (C=O) groups is 2. The van der Waals surface area contributed by atoms with Gasteiger partial charge in [0, 0.05) is 16.1 Å². The SMILES string of the molecule is Cc1ccccc1NC(=O)c1ccc2c(c1)NC(=O)CS2. The molecule has 0 bridgehead atoms. The molecule has 0 spiro atoms. The van der Waals surface area contributed by atoms with E-state index in [4.69, 9.17) is 0 Å². The minimum atomic E-state index is -0.183. The molecule has 2 amide bonds. The van der Waals surface area contributed by atoms with Gasteiger partial charge in [-0.2, -0.15) is 0 Å². The van der Waals surface area contributed by atoms with Crippen molar-refractivity contribution in [2.24, 2.45) is 0 Å². The minimum Gasteiger partial charge on any atom is -0.324 e. The lowest BCUT2D eigenvalue weighted by molar-refractivity contribution is -0.113. The molecule has 0 fully saturated rings. The first-order valence-electron chi connectivity index (χ1n) is 6.57. The molecule has 0 unspecified atom stereocenters. The van der Waals surface area contributed by atoms with Gasteiger partial charge in [0.1, 0.15) is 0 Å². The van der Waals surface area contributed by atoms with Crippen molar-refractivity contribution in [2.75, 3.05) is 16.4 Å². The van der Waals surface area contributed by atoms with Crippen LogP contribution in [0, 0.1) is 6.92 Å². The molecule has 1 heterocycles. The van der Waals surface area contributed by atoms with E-state index in [2.05, 4.69) is 10.6 Å². The van der Waals surface area contributed by atoms with E-state index in [0.29, 0.717) is 17.0 Å². The molecule has 1 aliphatic heterocycles. The molecule has 0 aliphatic carbocycles. The smallest absolute Gasteiger partial charge is 0.255 e. The molecule has 0 saturated carbocycles. The molecule has 2 N–H and O–H groups in total. The van der Waals surface area contributed by atoms with Gasteiger partial charge in [-0.1, -0.05) is 18.2 Å². The van der Waals surface area contributed by atoms with Crippen molar-refractivity contribution in [3.8, 4) is 0 Å². The molecule has 106 valence electrons. The second kappa shape index (κ2) is 5.61. The highest BCUT2D eigenvalue weighted by atomic mass is 32.2. The summed E-state index contributed by atoms with van der Waals surface area (Å²) < 4.78 is 0. The Kier molecular flexibility index (Phi) is 3.66. The van der Waals surface area contributed by atoms with Gasteiger partial charge in [-0.25, -0.2) is 0 Å². The minimum absolute atomic E-state index is 0.0380. The molecule has 0 saturated heterocycles. The molecule has 21 heavy (non-hydrogen) atoms. The molecule has 0 radical (unpaired) electrons. The van der Waals surface area contributed by atoms with Crippen molar-refractivity contribution in [3.05, 3.63) is 53.6 Å². The predicted octanol–water partition coefficient (Wildman–Crippen LogP) is 3.29. The Bertz CT molecular complexity index is 728. The van der Waals surface area contributed by atoms with Gasteiger partial charge in [0.2, 0.25) is 5.91 Å². The van der Waals surface area contributed by atoms with Crippen LogP contribution in [0.4, 0.5) is 11.4 Å². The maximum Gasteiger partial charge on any atom is 0.255 e. The fourth-order valence-corrected chi connectivity index (χ4v) is 2.92. The summed E-state index contributed by atoms with van der Waals surface area (Å²) in [6, 6.07) is 13.0. The van der Waals surface area contributed by atoms with Crippen molar-refractivity contribution in [2.45, 2.75) is 11.8 Å². The standard InChI is InChI=1S/C16H14N2O2S/c1-10-4-2-3-5-12(10)18-16(20)11-6-7-14-13(8-11)17-15(19)9-21-14/h2-8H,9H2,1H3,(H,17,19)(H,18,20). The van der Waals surface area contributed by atoms with Crippen LogP contribution in [0.25, 0.3) is 0 Å². The highest BCUT2D eigenvalue weighted by Crippen LogP contribution is 2.32. The lowest BCUT2D eigenvalue weighted by Gasteiger charge is -2.17. The van der Waals surface area contributed by atoms with Gasteiger partial charge in [-0.15, -0.1) is 11.8 Å². The number of nitrogens with one attached hydrogen (secondary N) is 2. The van der Waals surface area contributed by atoms with Crippen LogP contribution < -0.4 is 10.6 Å². The number of carbonyl (C=O) groups excluding carboxylic acids is 2. The molecule has 4 nitrogen and oxygen atoms in total. The summed E-state index contributed by atoms with van der Waals surface area (Å²) in [7, 11) is 0. The quantitative estimate of drug-likeness (QED) is 0.894. The van der Waals surface area contributed by atoms with Crippen LogP contribution >= 0.6 is 11.8 Å². The van der Waals surface area contributed by atoms with Crippen LogP contribution in [0.15, 0.2) is 47.4 Å². The highest BCUT2D eigenvalue weighted by molar-refractivity contribution is 8.00. The zero-order valence-corrected chi connectivity index (χ0v) is 12.3. The van der Waals surface area contributed by atoms with E-state index in [1.54, 1.807) is 12.1 Å². The monoisotopic (exact) mass is 298 g/mol. The van der Waals surface area contributed by atoms with Crippen LogP contribution in [-0.4, -0.2) is 17.6 Å². The van der Waals surface area contributed by atoms with Crippen LogP contribution in [0.5, 0.6) is 0 Å². The third-order valence-electron chi connectivity index (χ3n) is 3.27. The number of anilines is 2. The van der Waals surface area contributed by atoms with Gasteiger partial charge in [0.05, 0.1) is 11.4 Å². The van der Waals surface area contributed by atoms with E-state index in [-0.39, 0.29) is 11.8 Å². The first kappa shape index (κ1) is 13.7. The van der Waals surface area contributed by atoms with Gasteiger partial charge in [-0.05, 0) is 36.8 Å². The summed E-state index contributed by atoms with van der Waals surface area (Å²) in [6.45, 7) is 1.94. The van der Waals surface area contributed by atoms with Gasteiger partial charge in [0.25, 0.3) is 5.91 Å². The van der Waals surface area contributed by atoms with E-state index in [1.807, 2.05) is 37.3 Å². The number of para-hydroxylation sites is 1. The number of hydrogen-bond donors (Lipinski definition) is 2. The summed E-state index contributed by atoms with van der Waals surface area (Å²) in [6.07, 6.45) is 0. The number of amides is 2. The number of thioether (sulfide) groups is 1. The Balaban J connectivity index is 1.84. The van der Waals surface area contributed by atoms with Crippen molar-refractivity contribution in [1.82, 2.24) is 0 Å². The van der Waals surface area contributed by atoms with Crippen molar-refractivity contribution in [1.29, 1.82) is 0 Å². The largest absolute Gasteiger partial charge is 0.324 e. The third-order valence-corrected chi connectivity index (χ3v) is 4.34. The van der Waals surface area contributed by atoms with Crippen molar-refractivity contribution in [3.63, 3.8) is 0 Å². The number of aryl methyl sites for hydroxylation is 1. The van der Waals surface area contributed by atoms with Crippen LogP contribution in [-0.2, 0) is 4.79 Å². The fraction of sp³-hybridized carbons (Fsp3) is 0.125. The zero-order chi connectivity index (χ0) is 14.8. The summed E-state index contributed by atoms with van der Waals surface area (Å²) >= 11 is 1.48. The topological polar surface area (TPSA) is 58.2 Å². The first-order chi connectivity index (χ1) is 10.1. The Morgan fingerprint density at radius 1 is 1.24 bits per heavy atom. The summed E-state index contributed by atoms with van der Waals surface area (Å²) in [5, 5.41) is 5.68. The van der Waals surface area contributed by atoms with Crippen LogP contribution in [0.3, 0.4) is 0 Å². The summed E-state index contributed by atoms with van der Waals surface area (Å²) in [5.41, 5.74) is 3.03. The molecule has 0 aromatic heterocycles. The third kappa shape index (κ3) is 2.92. The van der Waals surface area contributed by atoms with Gasteiger partial charge >= 0.3 is 0 Å². The Hall–Kier alpha value is -2.27. The van der Waals surface area contributed by atoms with E-state index in [1.165, 1.54) is 11.8 Å². The predicted molar refractivity (Wildman–Crippen MR) is 84.9 cm³/mol. The molecule has 2 aromatic carbocycles. The number of hydrogen-bond acceptors (Lipinski definition) is 3. The van der Waals surface area contributed by atoms with Crippen molar-refractivity contribution < 1.29 is 9.59 Å². The maximum atomic E-state index is 12.3. The average molecular weight is 298 g/mol. The Morgan fingerprint density at radius 2 is 2.05 bits per heavy atom. The summed E-state index contributed by atoms with van der Waals surface area (Å²) in [5.74, 6) is 0.197. The number of rotatable bonds is 2. The molecular weight excluding hydrogens is 284 g/mol.